The standard InChI is InChI=1S/C21H41BrN2.BrH/c1-2-3-4-5-6-7-8-9-10-11-12-14-17-23-19-20-24(21-23)18-15-13-16-22;/h19-20H,2-18,21H2,1H3;1H. The summed E-state index contributed by atoms with van der Waals surface area (Å²) in [7, 11) is 0. The number of quaternary nitrogens is 1. The van der Waals surface area contributed by atoms with Crippen molar-refractivity contribution < 1.29 is 21.9 Å². The second kappa shape index (κ2) is 19.2. The summed E-state index contributed by atoms with van der Waals surface area (Å²) in [6.07, 6.45) is 24.6. The predicted molar refractivity (Wildman–Crippen MR) is 111 cm³/mol. The Hall–Kier alpha value is 0.460. The van der Waals surface area contributed by atoms with Crippen LogP contribution in [0.15, 0.2) is 12.4 Å². The summed E-state index contributed by atoms with van der Waals surface area (Å²) in [5.41, 5.74) is 0. The van der Waals surface area contributed by atoms with Crippen molar-refractivity contribution in [3.8, 4) is 0 Å². The van der Waals surface area contributed by atoms with Crippen molar-refractivity contribution in [1.29, 1.82) is 0 Å². The fourth-order valence-corrected chi connectivity index (χ4v) is 3.89. The van der Waals surface area contributed by atoms with Crippen LogP contribution < -0.4 is 21.9 Å². The quantitative estimate of drug-likeness (QED) is 0.247. The molecular weight excluding hydrogens is 440 g/mol. The number of alkyl halides is 1. The first-order valence-corrected chi connectivity index (χ1v) is 11.8. The van der Waals surface area contributed by atoms with E-state index in [4.69, 9.17) is 0 Å². The largest absolute Gasteiger partial charge is 1.00 e. The summed E-state index contributed by atoms with van der Waals surface area (Å²) in [6.45, 7) is 6.04. The lowest BCUT2D eigenvalue weighted by Gasteiger charge is -2.16. The van der Waals surface area contributed by atoms with Gasteiger partial charge in [-0.15, -0.1) is 0 Å². The minimum absolute atomic E-state index is 0. The molecule has 1 rings (SSSR count). The van der Waals surface area contributed by atoms with E-state index in [2.05, 4.69) is 40.2 Å². The van der Waals surface area contributed by atoms with Gasteiger partial charge in [0.1, 0.15) is 6.20 Å². The monoisotopic (exact) mass is 480 g/mol. The van der Waals surface area contributed by atoms with Crippen LogP contribution in [-0.4, -0.2) is 30.0 Å². The molecule has 150 valence electrons. The van der Waals surface area contributed by atoms with Crippen LogP contribution in [0.1, 0.15) is 96.8 Å². The number of nitrogens with zero attached hydrogens (tertiary/aromatic N) is 1. The van der Waals surface area contributed by atoms with Crippen molar-refractivity contribution in [1.82, 2.24) is 4.90 Å². The van der Waals surface area contributed by atoms with E-state index in [0.29, 0.717) is 0 Å². The summed E-state index contributed by atoms with van der Waals surface area (Å²) in [5.74, 6) is 0. The van der Waals surface area contributed by atoms with Crippen LogP contribution in [0.25, 0.3) is 0 Å². The Morgan fingerprint density at radius 1 is 0.800 bits per heavy atom. The Morgan fingerprint density at radius 3 is 1.92 bits per heavy atom. The summed E-state index contributed by atoms with van der Waals surface area (Å²) in [5, 5.41) is 1.15. The molecule has 1 aliphatic heterocycles. The van der Waals surface area contributed by atoms with Gasteiger partial charge in [-0.1, -0.05) is 93.5 Å². The number of halogens is 2. The highest BCUT2D eigenvalue weighted by molar-refractivity contribution is 9.09. The molecule has 1 aliphatic rings. The van der Waals surface area contributed by atoms with Gasteiger partial charge in [0.2, 0.25) is 0 Å². The molecule has 1 heterocycles. The van der Waals surface area contributed by atoms with Gasteiger partial charge in [0.05, 0.1) is 12.7 Å². The number of hydrogen-bond donors (Lipinski definition) is 1. The van der Waals surface area contributed by atoms with Gasteiger partial charge in [-0.05, 0) is 19.3 Å². The Bertz CT molecular complexity index is 298. The third-order valence-electron chi connectivity index (χ3n) is 5.11. The minimum atomic E-state index is 0. The second-order valence-corrected chi connectivity index (χ2v) is 8.27. The van der Waals surface area contributed by atoms with E-state index in [9.17, 15) is 0 Å². The lowest BCUT2D eigenvalue weighted by atomic mass is 10.1. The van der Waals surface area contributed by atoms with E-state index in [1.54, 1.807) is 4.90 Å². The zero-order valence-corrected chi connectivity index (χ0v) is 19.8. The lowest BCUT2D eigenvalue weighted by Crippen LogP contribution is -3.07. The molecule has 4 heteroatoms. The van der Waals surface area contributed by atoms with E-state index in [1.807, 2.05) is 0 Å². The fourth-order valence-electron chi connectivity index (χ4n) is 3.50. The summed E-state index contributed by atoms with van der Waals surface area (Å²) in [6, 6.07) is 0. The van der Waals surface area contributed by atoms with Crippen LogP contribution in [0.2, 0.25) is 0 Å². The third kappa shape index (κ3) is 15.2. The van der Waals surface area contributed by atoms with Crippen molar-refractivity contribution >= 4 is 15.9 Å². The summed E-state index contributed by atoms with van der Waals surface area (Å²) in [4.78, 5) is 4.15. The molecule has 0 spiro atoms. The van der Waals surface area contributed by atoms with Gasteiger partial charge in [-0.25, -0.2) is 0 Å². The molecule has 0 aromatic rings. The van der Waals surface area contributed by atoms with Crippen molar-refractivity contribution in [2.24, 2.45) is 0 Å². The Morgan fingerprint density at radius 2 is 1.36 bits per heavy atom. The van der Waals surface area contributed by atoms with Gasteiger partial charge >= 0.3 is 0 Å². The zero-order valence-electron chi connectivity index (χ0n) is 16.6. The Kier molecular flexibility index (Phi) is 19.6. The normalized spacial score (nSPS) is 16.4. The van der Waals surface area contributed by atoms with Crippen molar-refractivity contribution in [2.45, 2.75) is 96.8 Å². The fraction of sp³-hybridized carbons (Fsp3) is 0.905. The predicted octanol–water partition coefficient (Wildman–Crippen LogP) is 2.50. The van der Waals surface area contributed by atoms with E-state index < -0.39 is 0 Å². The van der Waals surface area contributed by atoms with E-state index >= 15 is 0 Å². The van der Waals surface area contributed by atoms with Crippen molar-refractivity contribution in [3.63, 3.8) is 0 Å². The van der Waals surface area contributed by atoms with Crippen molar-refractivity contribution in [3.05, 3.63) is 12.4 Å². The average molecular weight is 482 g/mol. The molecule has 0 radical (unpaired) electrons. The Balaban J connectivity index is 0.00000576. The van der Waals surface area contributed by atoms with Crippen LogP contribution >= 0.6 is 15.9 Å². The molecule has 0 fully saturated rings. The molecule has 25 heavy (non-hydrogen) atoms. The maximum atomic E-state index is 3.51. The Labute approximate surface area is 176 Å². The van der Waals surface area contributed by atoms with Gasteiger partial charge < -0.3 is 21.9 Å². The minimum Gasteiger partial charge on any atom is -1.00 e. The molecule has 0 saturated heterocycles. The molecular formula is C21H42Br2N2. The van der Waals surface area contributed by atoms with E-state index in [0.717, 1.165) is 5.33 Å². The highest BCUT2D eigenvalue weighted by atomic mass is 79.9. The van der Waals surface area contributed by atoms with Gasteiger partial charge in [-0.2, -0.15) is 0 Å². The maximum absolute atomic E-state index is 3.51. The van der Waals surface area contributed by atoms with Gasteiger partial charge in [0.25, 0.3) is 0 Å². The van der Waals surface area contributed by atoms with Gasteiger partial charge in [-0.3, -0.25) is 4.90 Å². The van der Waals surface area contributed by atoms with Crippen LogP contribution in [0.5, 0.6) is 0 Å². The smallest absolute Gasteiger partial charge is 0.156 e. The first kappa shape index (κ1) is 25.5. The molecule has 1 atom stereocenters. The number of unbranched alkanes of at least 4 members (excludes halogenated alkanes) is 12. The number of nitrogens with one attached hydrogen (secondary N) is 1. The molecule has 0 aromatic carbocycles. The molecule has 0 bridgehead atoms. The van der Waals surface area contributed by atoms with Gasteiger partial charge in [0.15, 0.2) is 6.67 Å². The van der Waals surface area contributed by atoms with Crippen molar-refractivity contribution in [2.75, 3.05) is 25.1 Å². The molecule has 0 aromatic heterocycles. The SMILES string of the molecule is CCCCCCCCCCCCCCN1C=C[NH+](CCCCBr)C1.[Br-]. The molecule has 1 unspecified atom stereocenters. The van der Waals surface area contributed by atoms with Gasteiger partial charge in [0, 0.05) is 11.9 Å². The summed E-state index contributed by atoms with van der Waals surface area (Å²) < 4.78 is 0. The first-order chi connectivity index (χ1) is 11.9. The zero-order chi connectivity index (χ0) is 17.3. The van der Waals surface area contributed by atoms with E-state index in [-0.39, 0.29) is 17.0 Å². The maximum Gasteiger partial charge on any atom is 0.156 e. The number of hydrogen-bond acceptors (Lipinski definition) is 1. The lowest BCUT2D eigenvalue weighted by molar-refractivity contribution is -0.849. The third-order valence-corrected chi connectivity index (χ3v) is 5.67. The first-order valence-electron chi connectivity index (χ1n) is 10.7. The molecule has 2 nitrogen and oxygen atoms in total. The second-order valence-electron chi connectivity index (χ2n) is 7.48. The molecule has 1 N–H and O–H groups in total. The van der Waals surface area contributed by atoms with Crippen LogP contribution in [0, 0.1) is 0 Å². The molecule has 0 saturated carbocycles. The topological polar surface area (TPSA) is 7.68 Å². The average Bonchev–Trinajstić information content (AvgIpc) is 3.04. The molecule has 0 amide bonds. The highest BCUT2D eigenvalue weighted by Gasteiger charge is 2.15. The van der Waals surface area contributed by atoms with E-state index in [1.165, 1.54) is 110 Å². The highest BCUT2D eigenvalue weighted by Crippen LogP contribution is 2.12. The van der Waals surface area contributed by atoms with Crippen LogP contribution in [-0.2, 0) is 0 Å². The van der Waals surface area contributed by atoms with Crippen LogP contribution in [0.4, 0.5) is 0 Å². The molecule has 0 aliphatic carbocycles. The van der Waals surface area contributed by atoms with Crippen LogP contribution in [0.3, 0.4) is 0 Å². The number of rotatable bonds is 17. The summed E-state index contributed by atoms with van der Waals surface area (Å²) >= 11 is 3.51.